The van der Waals surface area contributed by atoms with Crippen LogP contribution in [0.15, 0.2) is 35.0 Å². The topological polar surface area (TPSA) is 56.3 Å². The van der Waals surface area contributed by atoms with E-state index in [1.54, 1.807) is 6.07 Å². The van der Waals surface area contributed by atoms with Crippen molar-refractivity contribution < 1.29 is 18.3 Å². The highest BCUT2D eigenvalue weighted by Crippen LogP contribution is 2.27. The standard InChI is InChI=1S/C17H22ClF2N3O2S/c1-9(15(20)10(2)19)8-26-16-22-13(18)6-14(23-16)21-11(3)12-7-24-17(4,5)25-12/h6,11-12H,1,7-8H2,2-5H3,(H,21,22,23)/b15-10-/t11-,12?/m1/s1. The maximum absolute atomic E-state index is 13.5. The normalized spacial score (nSPS) is 21.3. The van der Waals surface area contributed by atoms with Gasteiger partial charge < -0.3 is 14.8 Å². The van der Waals surface area contributed by atoms with Crippen LogP contribution in [0.25, 0.3) is 0 Å². The van der Waals surface area contributed by atoms with Crippen molar-refractivity contribution in [2.75, 3.05) is 17.7 Å². The lowest BCUT2D eigenvalue weighted by Crippen LogP contribution is -2.34. The first-order chi connectivity index (χ1) is 12.1. The largest absolute Gasteiger partial charge is 0.365 e. The molecule has 0 saturated carbocycles. The summed E-state index contributed by atoms with van der Waals surface area (Å²) in [5.74, 6) is -1.85. The number of nitrogens with zero attached hydrogens (tertiary/aromatic N) is 2. The van der Waals surface area contributed by atoms with Gasteiger partial charge in [0.15, 0.2) is 16.8 Å². The Morgan fingerprint density at radius 3 is 2.77 bits per heavy atom. The van der Waals surface area contributed by atoms with Crippen molar-refractivity contribution in [2.45, 2.75) is 50.8 Å². The van der Waals surface area contributed by atoms with E-state index in [4.69, 9.17) is 21.1 Å². The minimum absolute atomic E-state index is 0.0280. The zero-order chi connectivity index (χ0) is 19.5. The molecule has 0 bridgehead atoms. The highest BCUT2D eigenvalue weighted by atomic mass is 35.5. The Hall–Kier alpha value is -1.22. The van der Waals surface area contributed by atoms with Gasteiger partial charge in [0, 0.05) is 11.8 Å². The van der Waals surface area contributed by atoms with Gasteiger partial charge in [0.2, 0.25) is 0 Å². The van der Waals surface area contributed by atoms with E-state index in [0.29, 0.717) is 17.6 Å². The molecule has 0 aromatic carbocycles. The third kappa shape index (κ3) is 5.90. The minimum Gasteiger partial charge on any atom is -0.365 e. The van der Waals surface area contributed by atoms with E-state index in [0.717, 1.165) is 18.7 Å². The molecule has 1 saturated heterocycles. The fourth-order valence-corrected chi connectivity index (χ4v) is 3.27. The van der Waals surface area contributed by atoms with Gasteiger partial charge in [0.25, 0.3) is 0 Å². The lowest BCUT2D eigenvalue weighted by Gasteiger charge is -2.22. The number of hydrogen-bond donors (Lipinski definition) is 1. The van der Waals surface area contributed by atoms with Crippen LogP contribution in [0, 0.1) is 0 Å². The summed E-state index contributed by atoms with van der Waals surface area (Å²) in [6.07, 6.45) is -0.138. The molecule has 0 amide bonds. The maximum atomic E-state index is 13.5. The van der Waals surface area contributed by atoms with Gasteiger partial charge in [-0.1, -0.05) is 29.9 Å². The number of thioether (sulfide) groups is 1. The molecule has 0 spiro atoms. The van der Waals surface area contributed by atoms with Gasteiger partial charge in [-0.05, 0) is 33.3 Å². The van der Waals surface area contributed by atoms with Crippen molar-refractivity contribution in [1.29, 1.82) is 0 Å². The first-order valence-electron chi connectivity index (χ1n) is 8.03. The molecule has 9 heteroatoms. The van der Waals surface area contributed by atoms with E-state index in [9.17, 15) is 8.78 Å². The summed E-state index contributed by atoms with van der Waals surface area (Å²) < 4.78 is 37.7. The molecule has 2 heterocycles. The third-order valence-corrected chi connectivity index (χ3v) is 4.75. The van der Waals surface area contributed by atoms with Gasteiger partial charge in [0.1, 0.15) is 22.9 Å². The molecule has 0 aliphatic carbocycles. The molecule has 1 aliphatic rings. The number of nitrogens with one attached hydrogen (secondary N) is 1. The maximum Gasteiger partial charge on any atom is 0.191 e. The molecular formula is C17H22ClF2N3O2S. The van der Waals surface area contributed by atoms with Crippen molar-refractivity contribution in [2.24, 2.45) is 0 Å². The molecule has 1 aromatic heterocycles. The molecule has 1 aromatic rings. The molecule has 144 valence electrons. The average molecular weight is 406 g/mol. The lowest BCUT2D eigenvalue weighted by atomic mass is 10.2. The number of allylic oxidation sites excluding steroid dienone is 2. The summed E-state index contributed by atoms with van der Waals surface area (Å²) in [7, 11) is 0. The second kappa shape index (κ2) is 8.65. The van der Waals surface area contributed by atoms with Crippen LogP contribution in [-0.2, 0) is 9.47 Å². The van der Waals surface area contributed by atoms with E-state index < -0.39 is 17.4 Å². The molecule has 0 radical (unpaired) electrons. The van der Waals surface area contributed by atoms with Gasteiger partial charge in [-0.2, -0.15) is 0 Å². The molecule has 5 nitrogen and oxygen atoms in total. The summed E-state index contributed by atoms with van der Waals surface area (Å²) in [6, 6.07) is 1.51. The van der Waals surface area contributed by atoms with E-state index in [-0.39, 0.29) is 28.6 Å². The van der Waals surface area contributed by atoms with Crippen molar-refractivity contribution in [3.63, 3.8) is 0 Å². The zero-order valence-electron chi connectivity index (χ0n) is 15.1. The van der Waals surface area contributed by atoms with Crippen LogP contribution in [0.2, 0.25) is 5.15 Å². The summed E-state index contributed by atoms with van der Waals surface area (Å²) in [4.78, 5) is 8.43. The van der Waals surface area contributed by atoms with Gasteiger partial charge >= 0.3 is 0 Å². The number of rotatable bonds is 7. The fourth-order valence-electron chi connectivity index (χ4n) is 2.28. The van der Waals surface area contributed by atoms with Crippen LogP contribution >= 0.6 is 23.4 Å². The van der Waals surface area contributed by atoms with Crippen LogP contribution in [-0.4, -0.2) is 40.3 Å². The van der Waals surface area contributed by atoms with Crippen LogP contribution in [0.3, 0.4) is 0 Å². The second-order valence-corrected chi connectivity index (χ2v) is 7.73. The average Bonchev–Trinajstić information content (AvgIpc) is 2.91. The number of anilines is 1. The van der Waals surface area contributed by atoms with E-state index >= 15 is 0 Å². The molecule has 1 fully saturated rings. The van der Waals surface area contributed by atoms with E-state index in [2.05, 4.69) is 21.9 Å². The quantitative estimate of drug-likeness (QED) is 0.301. The number of hydrogen-bond acceptors (Lipinski definition) is 6. The Labute approximate surface area is 161 Å². The van der Waals surface area contributed by atoms with Crippen molar-refractivity contribution in [3.05, 3.63) is 35.0 Å². The molecule has 1 N–H and O–H groups in total. The monoisotopic (exact) mass is 405 g/mol. The number of aromatic nitrogens is 2. The summed E-state index contributed by atoms with van der Waals surface area (Å²) in [5.41, 5.74) is 0.0280. The summed E-state index contributed by atoms with van der Waals surface area (Å²) in [5, 5.41) is 3.79. The summed E-state index contributed by atoms with van der Waals surface area (Å²) >= 11 is 7.16. The Bertz CT molecular complexity index is 711. The Kier molecular flexibility index (Phi) is 7.01. The van der Waals surface area contributed by atoms with Crippen molar-refractivity contribution >= 4 is 29.2 Å². The van der Waals surface area contributed by atoms with E-state index in [1.807, 2.05) is 20.8 Å². The van der Waals surface area contributed by atoms with Gasteiger partial charge in [0.05, 0.1) is 12.6 Å². The third-order valence-electron chi connectivity index (χ3n) is 3.63. The predicted molar refractivity (Wildman–Crippen MR) is 99.8 cm³/mol. The molecule has 1 unspecified atom stereocenters. The first kappa shape index (κ1) is 21.1. The lowest BCUT2D eigenvalue weighted by molar-refractivity contribution is -0.139. The predicted octanol–water partition coefficient (Wildman–Crippen LogP) is 4.90. The highest BCUT2D eigenvalue weighted by molar-refractivity contribution is 7.99. The smallest absolute Gasteiger partial charge is 0.191 e. The molecular weight excluding hydrogens is 384 g/mol. The van der Waals surface area contributed by atoms with Crippen LogP contribution in [0.5, 0.6) is 0 Å². The molecule has 26 heavy (non-hydrogen) atoms. The zero-order valence-corrected chi connectivity index (χ0v) is 16.7. The number of halogens is 3. The Morgan fingerprint density at radius 1 is 1.50 bits per heavy atom. The van der Waals surface area contributed by atoms with Gasteiger partial charge in [-0.25, -0.2) is 18.7 Å². The van der Waals surface area contributed by atoms with Crippen molar-refractivity contribution in [1.82, 2.24) is 9.97 Å². The fraction of sp³-hybridized carbons (Fsp3) is 0.529. The van der Waals surface area contributed by atoms with Crippen LogP contribution in [0.1, 0.15) is 27.7 Å². The Morgan fingerprint density at radius 2 is 2.19 bits per heavy atom. The van der Waals surface area contributed by atoms with E-state index in [1.165, 1.54) is 0 Å². The SMILES string of the molecule is C=C(CSc1nc(Cl)cc(N[C@H](C)C2COC(C)(C)O2)n1)/C(F)=C(\C)F. The summed E-state index contributed by atoms with van der Waals surface area (Å²) in [6.45, 7) is 10.7. The minimum atomic E-state index is -0.951. The first-order valence-corrected chi connectivity index (χ1v) is 9.39. The molecule has 2 rings (SSSR count). The van der Waals surface area contributed by atoms with Crippen molar-refractivity contribution in [3.8, 4) is 0 Å². The molecule has 2 atom stereocenters. The Balaban J connectivity index is 2.01. The van der Waals surface area contributed by atoms with Crippen LogP contribution < -0.4 is 5.32 Å². The second-order valence-electron chi connectivity index (χ2n) is 6.40. The molecule has 1 aliphatic heterocycles. The van der Waals surface area contributed by atoms with Gasteiger partial charge in [-0.15, -0.1) is 0 Å². The van der Waals surface area contributed by atoms with Gasteiger partial charge in [-0.3, -0.25) is 0 Å². The van der Waals surface area contributed by atoms with Crippen LogP contribution in [0.4, 0.5) is 14.6 Å². The highest BCUT2D eigenvalue weighted by Gasteiger charge is 2.35. The number of ether oxygens (including phenoxy) is 2.